The Hall–Kier alpha value is -3.02. The molecular weight excluding hydrogens is 368 g/mol. The number of nitrogens with zero attached hydrogens (tertiary/aromatic N) is 1. The number of aryl methyl sites for hydroxylation is 1. The van der Waals surface area contributed by atoms with E-state index < -0.39 is 0 Å². The summed E-state index contributed by atoms with van der Waals surface area (Å²) in [7, 11) is 0. The number of amides is 2. The minimum atomic E-state index is -0.325. The Labute approximate surface area is 170 Å². The maximum Gasteiger partial charge on any atom is 0.231 e. The number of hydrogen-bond acceptors (Lipinski definition) is 4. The van der Waals surface area contributed by atoms with Crippen LogP contribution in [0, 0.1) is 5.92 Å². The molecule has 2 aliphatic rings. The maximum absolute atomic E-state index is 12.7. The van der Waals surface area contributed by atoms with Gasteiger partial charge in [-0.05, 0) is 42.2 Å². The van der Waals surface area contributed by atoms with Gasteiger partial charge in [0.05, 0.1) is 12.0 Å². The molecule has 2 aliphatic heterocycles. The largest absolute Gasteiger partial charge is 0.454 e. The van der Waals surface area contributed by atoms with Crippen molar-refractivity contribution in [2.24, 2.45) is 5.92 Å². The number of carbonyl (C=O) groups excluding carboxylic acids is 2. The highest BCUT2D eigenvalue weighted by Crippen LogP contribution is 2.33. The lowest BCUT2D eigenvalue weighted by Crippen LogP contribution is -2.34. The molecule has 0 radical (unpaired) electrons. The highest BCUT2D eigenvalue weighted by atomic mass is 16.7. The van der Waals surface area contributed by atoms with Crippen LogP contribution in [0.3, 0.4) is 0 Å². The average Bonchev–Trinajstić information content (AvgIpc) is 3.34. The van der Waals surface area contributed by atoms with Gasteiger partial charge < -0.3 is 19.7 Å². The van der Waals surface area contributed by atoms with Crippen molar-refractivity contribution in [2.45, 2.75) is 39.3 Å². The number of hydrogen-bond donors (Lipinski definition) is 1. The van der Waals surface area contributed by atoms with Gasteiger partial charge in [-0.2, -0.15) is 0 Å². The molecule has 6 heteroatoms. The first-order valence-electron chi connectivity index (χ1n) is 10.1. The molecule has 1 fully saturated rings. The summed E-state index contributed by atoms with van der Waals surface area (Å²) in [6, 6.07) is 13.9. The lowest BCUT2D eigenvalue weighted by Gasteiger charge is -2.19. The molecule has 4 rings (SSSR count). The van der Waals surface area contributed by atoms with Crippen LogP contribution >= 0.6 is 0 Å². The second kappa shape index (κ2) is 8.15. The van der Waals surface area contributed by atoms with E-state index in [0.29, 0.717) is 18.8 Å². The van der Waals surface area contributed by atoms with Crippen molar-refractivity contribution in [1.29, 1.82) is 0 Å². The third-order valence-corrected chi connectivity index (χ3v) is 5.64. The van der Waals surface area contributed by atoms with E-state index in [1.54, 1.807) is 4.90 Å². The molecule has 1 saturated heterocycles. The maximum atomic E-state index is 12.7. The topological polar surface area (TPSA) is 67.9 Å². The minimum Gasteiger partial charge on any atom is -0.454 e. The van der Waals surface area contributed by atoms with Crippen LogP contribution in [0.2, 0.25) is 0 Å². The van der Waals surface area contributed by atoms with E-state index in [9.17, 15) is 9.59 Å². The number of likely N-dealkylation sites (tertiary alicyclic amines) is 1. The molecule has 0 spiro atoms. The Kier molecular flexibility index (Phi) is 5.43. The predicted molar refractivity (Wildman–Crippen MR) is 108 cm³/mol. The lowest BCUT2D eigenvalue weighted by molar-refractivity contribution is -0.129. The number of benzene rings is 2. The zero-order chi connectivity index (χ0) is 20.4. The normalized spacial score (nSPS) is 18.8. The van der Waals surface area contributed by atoms with E-state index >= 15 is 0 Å². The molecule has 6 nitrogen and oxygen atoms in total. The third kappa shape index (κ3) is 4.21. The Bertz CT molecular complexity index is 910. The first-order chi connectivity index (χ1) is 14.0. The molecule has 29 heavy (non-hydrogen) atoms. The summed E-state index contributed by atoms with van der Waals surface area (Å²) in [6.07, 6.45) is 1.24. The van der Waals surface area contributed by atoms with Crippen molar-refractivity contribution in [1.82, 2.24) is 10.2 Å². The second-order valence-electron chi connectivity index (χ2n) is 7.69. The van der Waals surface area contributed by atoms with Gasteiger partial charge in [0.25, 0.3) is 0 Å². The standard InChI is InChI=1S/C23H26N2O4/c1-3-16-4-7-18(8-5-16)15(2)24-23(27)19-11-22(26)25(13-19)12-17-6-9-20-21(10-17)29-14-28-20/h4-10,15,19H,3,11-14H2,1-2H3,(H,24,27). The third-order valence-electron chi connectivity index (χ3n) is 5.64. The van der Waals surface area contributed by atoms with E-state index in [2.05, 4.69) is 36.5 Å². The van der Waals surface area contributed by atoms with E-state index in [0.717, 1.165) is 23.3 Å². The summed E-state index contributed by atoms with van der Waals surface area (Å²) in [5.41, 5.74) is 3.30. The molecule has 1 N–H and O–H groups in total. The van der Waals surface area contributed by atoms with Crippen LogP contribution in [0.4, 0.5) is 0 Å². The van der Waals surface area contributed by atoms with Gasteiger partial charge in [-0.15, -0.1) is 0 Å². The van der Waals surface area contributed by atoms with Gasteiger partial charge >= 0.3 is 0 Å². The van der Waals surface area contributed by atoms with Crippen LogP contribution in [0.1, 0.15) is 43.0 Å². The van der Waals surface area contributed by atoms with Gasteiger partial charge in [0, 0.05) is 19.5 Å². The number of nitrogens with one attached hydrogen (secondary N) is 1. The van der Waals surface area contributed by atoms with Crippen LogP contribution in [0.5, 0.6) is 11.5 Å². The highest BCUT2D eigenvalue weighted by molar-refractivity contribution is 5.89. The van der Waals surface area contributed by atoms with E-state index in [-0.39, 0.29) is 37.0 Å². The van der Waals surface area contributed by atoms with Crippen molar-refractivity contribution in [3.63, 3.8) is 0 Å². The Morgan fingerprint density at radius 1 is 1.14 bits per heavy atom. The van der Waals surface area contributed by atoms with Crippen LogP contribution in [0.25, 0.3) is 0 Å². The molecule has 2 heterocycles. The van der Waals surface area contributed by atoms with Crippen molar-refractivity contribution >= 4 is 11.8 Å². The SMILES string of the molecule is CCc1ccc(C(C)NC(=O)C2CC(=O)N(Cc3ccc4c(c3)OCO4)C2)cc1. The Morgan fingerprint density at radius 2 is 1.86 bits per heavy atom. The van der Waals surface area contributed by atoms with Crippen molar-refractivity contribution in [3.05, 3.63) is 59.2 Å². The molecule has 0 aliphatic carbocycles. The summed E-state index contributed by atoms with van der Waals surface area (Å²) in [5, 5.41) is 3.06. The molecule has 2 unspecified atom stereocenters. The van der Waals surface area contributed by atoms with Crippen LogP contribution < -0.4 is 14.8 Å². The summed E-state index contributed by atoms with van der Waals surface area (Å²) < 4.78 is 10.7. The molecule has 0 bridgehead atoms. The fourth-order valence-corrected chi connectivity index (χ4v) is 3.82. The minimum absolute atomic E-state index is 0.00256. The van der Waals surface area contributed by atoms with E-state index in [1.165, 1.54) is 5.56 Å². The molecule has 2 aromatic rings. The number of rotatable bonds is 6. The zero-order valence-corrected chi connectivity index (χ0v) is 16.8. The first-order valence-corrected chi connectivity index (χ1v) is 10.1. The number of fused-ring (bicyclic) bond motifs is 1. The van der Waals surface area contributed by atoms with Gasteiger partial charge in [0.15, 0.2) is 11.5 Å². The first kappa shape index (κ1) is 19.3. The average molecular weight is 394 g/mol. The van der Waals surface area contributed by atoms with Crippen LogP contribution in [-0.4, -0.2) is 30.1 Å². The smallest absolute Gasteiger partial charge is 0.231 e. The van der Waals surface area contributed by atoms with Crippen LogP contribution in [0.15, 0.2) is 42.5 Å². The lowest BCUT2D eigenvalue weighted by atomic mass is 10.0. The number of ether oxygens (including phenoxy) is 2. The van der Waals surface area contributed by atoms with Gasteiger partial charge in [0.1, 0.15) is 0 Å². The molecule has 0 saturated carbocycles. The van der Waals surface area contributed by atoms with Crippen molar-refractivity contribution < 1.29 is 19.1 Å². The summed E-state index contributed by atoms with van der Waals surface area (Å²) in [5.74, 6) is 1.03. The predicted octanol–water partition coefficient (Wildman–Crippen LogP) is 3.20. The van der Waals surface area contributed by atoms with Gasteiger partial charge in [0.2, 0.25) is 18.6 Å². The van der Waals surface area contributed by atoms with Crippen molar-refractivity contribution in [2.75, 3.05) is 13.3 Å². The van der Waals surface area contributed by atoms with Crippen molar-refractivity contribution in [3.8, 4) is 11.5 Å². The molecule has 2 aromatic carbocycles. The van der Waals surface area contributed by atoms with Gasteiger partial charge in [-0.25, -0.2) is 0 Å². The summed E-state index contributed by atoms with van der Waals surface area (Å²) in [4.78, 5) is 26.9. The highest BCUT2D eigenvalue weighted by Gasteiger charge is 2.34. The molecule has 152 valence electrons. The van der Waals surface area contributed by atoms with Gasteiger partial charge in [-0.3, -0.25) is 9.59 Å². The molecule has 2 atom stereocenters. The fourth-order valence-electron chi connectivity index (χ4n) is 3.82. The quantitative estimate of drug-likeness (QED) is 0.817. The van der Waals surface area contributed by atoms with E-state index in [4.69, 9.17) is 9.47 Å². The summed E-state index contributed by atoms with van der Waals surface area (Å²) >= 11 is 0. The number of carbonyl (C=O) groups is 2. The monoisotopic (exact) mass is 394 g/mol. The van der Waals surface area contributed by atoms with Crippen LogP contribution in [-0.2, 0) is 22.6 Å². The molecular formula is C23H26N2O4. The fraction of sp³-hybridized carbons (Fsp3) is 0.391. The molecule has 0 aromatic heterocycles. The Morgan fingerprint density at radius 3 is 2.62 bits per heavy atom. The Balaban J connectivity index is 1.34. The second-order valence-corrected chi connectivity index (χ2v) is 7.69. The molecule has 2 amide bonds. The van der Waals surface area contributed by atoms with E-state index in [1.807, 2.05) is 25.1 Å². The zero-order valence-electron chi connectivity index (χ0n) is 16.8. The van der Waals surface area contributed by atoms with Gasteiger partial charge in [-0.1, -0.05) is 37.3 Å². The summed E-state index contributed by atoms with van der Waals surface area (Å²) in [6.45, 7) is 5.21.